The molecule has 0 radical (unpaired) electrons. The number of aryl methyl sites for hydroxylation is 1. The van der Waals surface area contributed by atoms with Crippen molar-refractivity contribution in [3.05, 3.63) is 42.0 Å². The zero-order valence-corrected chi connectivity index (χ0v) is 10.5. The van der Waals surface area contributed by atoms with E-state index in [1.54, 1.807) is 0 Å². The van der Waals surface area contributed by atoms with E-state index in [0.29, 0.717) is 6.04 Å². The molecule has 0 saturated heterocycles. The SMILES string of the molecule is Cc1ccncc1CNc1cnn(C(C)C)c1. The van der Waals surface area contributed by atoms with Gasteiger partial charge in [-0.15, -0.1) is 0 Å². The Labute approximate surface area is 102 Å². The molecule has 2 aromatic rings. The van der Waals surface area contributed by atoms with Gasteiger partial charge < -0.3 is 5.32 Å². The third-order valence-electron chi connectivity index (χ3n) is 2.76. The maximum Gasteiger partial charge on any atom is 0.0729 e. The normalized spacial score (nSPS) is 10.8. The first-order chi connectivity index (χ1) is 8.16. The number of pyridine rings is 1. The van der Waals surface area contributed by atoms with E-state index in [2.05, 4.69) is 36.2 Å². The maximum atomic E-state index is 4.29. The molecule has 0 bridgehead atoms. The summed E-state index contributed by atoms with van der Waals surface area (Å²) < 4.78 is 1.94. The number of nitrogens with one attached hydrogen (secondary N) is 1. The van der Waals surface area contributed by atoms with Gasteiger partial charge in [0, 0.05) is 31.2 Å². The summed E-state index contributed by atoms with van der Waals surface area (Å²) in [6, 6.07) is 2.42. The van der Waals surface area contributed by atoms with E-state index in [4.69, 9.17) is 0 Å². The van der Waals surface area contributed by atoms with Crippen molar-refractivity contribution in [3.8, 4) is 0 Å². The fourth-order valence-electron chi connectivity index (χ4n) is 1.59. The molecule has 0 spiro atoms. The second kappa shape index (κ2) is 4.99. The fraction of sp³-hybridized carbons (Fsp3) is 0.385. The maximum absolute atomic E-state index is 4.29. The molecule has 4 nitrogen and oxygen atoms in total. The number of hydrogen-bond acceptors (Lipinski definition) is 3. The molecule has 0 saturated carbocycles. The summed E-state index contributed by atoms with van der Waals surface area (Å²) in [6.45, 7) is 7.10. The highest BCUT2D eigenvalue weighted by Crippen LogP contribution is 2.12. The number of hydrogen-bond donors (Lipinski definition) is 1. The van der Waals surface area contributed by atoms with Crippen molar-refractivity contribution < 1.29 is 0 Å². The lowest BCUT2D eigenvalue weighted by Gasteiger charge is -2.06. The zero-order valence-electron chi connectivity index (χ0n) is 10.5. The Morgan fingerprint density at radius 1 is 1.35 bits per heavy atom. The van der Waals surface area contributed by atoms with Crippen molar-refractivity contribution in [1.82, 2.24) is 14.8 Å². The van der Waals surface area contributed by atoms with Crippen LogP contribution in [0, 0.1) is 6.92 Å². The molecule has 0 amide bonds. The van der Waals surface area contributed by atoms with E-state index in [9.17, 15) is 0 Å². The van der Waals surface area contributed by atoms with Crippen molar-refractivity contribution in [3.63, 3.8) is 0 Å². The molecule has 2 aromatic heterocycles. The predicted octanol–water partition coefficient (Wildman–Crippen LogP) is 2.78. The number of anilines is 1. The minimum Gasteiger partial charge on any atom is -0.378 e. The van der Waals surface area contributed by atoms with E-state index in [1.807, 2.05) is 35.5 Å². The van der Waals surface area contributed by atoms with Crippen molar-refractivity contribution in [1.29, 1.82) is 0 Å². The topological polar surface area (TPSA) is 42.7 Å². The van der Waals surface area contributed by atoms with E-state index < -0.39 is 0 Å². The van der Waals surface area contributed by atoms with E-state index in [1.165, 1.54) is 11.1 Å². The first kappa shape index (κ1) is 11.6. The third-order valence-corrected chi connectivity index (χ3v) is 2.76. The molecular weight excluding hydrogens is 212 g/mol. The summed E-state index contributed by atoms with van der Waals surface area (Å²) in [4.78, 5) is 4.13. The minimum atomic E-state index is 0.394. The van der Waals surface area contributed by atoms with Gasteiger partial charge in [0.1, 0.15) is 0 Å². The Kier molecular flexibility index (Phi) is 3.42. The highest BCUT2D eigenvalue weighted by atomic mass is 15.3. The van der Waals surface area contributed by atoms with Gasteiger partial charge in [-0.25, -0.2) is 0 Å². The summed E-state index contributed by atoms with van der Waals surface area (Å²) in [6.07, 6.45) is 7.59. The van der Waals surface area contributed by atoms with Crippen LogP contribution in [0.25, 0.3) is 0 Å². The summed E-state index contributed by atoms with van der Waals surface area (Å²) in [7, 11) is 0. The van der Waals surface area contributed by atoms with Gasteiger partial charge in [-0.1, -0.05) is 0 Å². The molecule has 0 aromatic carbocycles. The smallest absolute Gasteiger partial charge is 0.0729 e. The standard InChI is InChI=1S/C13H18N4/c1-10(2)17-9-13(8-16-17)15-7-12-6-14-5-4-11(12)3/h4-6,8-10,15H,7H2,1-3H3. The van der Waals surface area contributed by atoms with Gasteiger partial charge in [0.2, 0.25) is 0 Å². The second-order valence-electron chi connectivity index (χ2n) is 4.46. The molecule has 1 N–H and O–H groups in total. The fourth-order valence-corrected chi connectivity index (χ4v) is 1.59. The van der Waals surface area contributed by atoms with Crippen LogP contribution < -0.4 is 5.32 Å². The van der Waals surface area contributed by atoms with E-state index >= 15 is 0 Å². The van der Waals surface area contributed by atoms with Crippen LogP contribution in [0.5, 0.6) is 0 Å². The Morgan fingerprint density at radius 2 is 2.18 bits per heavy atom. The van der Waals surface area contributed by atoms with Crippen LogP contribution in [0.4, 0.5) is 5.69 Å². The second-order valence-corrected chi connectivity index (χ2v) is 4.46. The van der Waals surface area contributed by atoms with Crippen LogP contribution in [0.2, 0.25) is 0 Å². The molecule has 0 fully saturated rings. The third kappa shape index (κ3) is 2.84. The highest BCUT2D eigenvalue weighted by molar-refractivity contribution is 5.39. The van der Waals surface area contributed by atoms with E-state index in [0.717, 1.165) is 12.2 Å². The highest BCUT2D eigenvalue weighted by Gasteiger charge is 2.02. The number of nitrogens with zero attached hydrogens (tertiary/aromatic N) is 3. The van der Waals surface area contributed by atoms with Crippen LogP contribution >= 0.6 is 0 Å². The molecular formula is C13H18N4. The van der Waals surface area contributed by atoms with Gasteiger partial charge in [0.15, 0.2) is 0 Å². The quantitative estimate of drug-likeness (QED) is 0.878. The molecule has 4 heteroatoms. The summed E-state index contributed by atoms with van der Waals surface area (Å²) in [5.41, 5.74) is 3.51. The molecule has 90 valence electrons. The molecule has 0 aliphatic carbocycles. The van der Waals surface area contributed by atoms with Crippen LogP contribution in [0.1, 0.15) is 31.0 Å². The Bertz CT molecular complexity index is 488. The minimum absolute atomic E-state index is 0.394. The van der Waals surface area contributed by atoms with Gasteiger partial charge in [0.25, 0.3) is 0 Å². The lowest BCUT2D eigenvalue weighted by atomic mass is 10.1. The average molecular weight is 230 g/mol. The van der Waals surface area contributed by atoms with Crippen LogP contribution in [0.3, 0.4) is 0 Å². The molecule has 0 atom stereocenters. The summed E-state index contributed by atoms with van der Waals surface area (Å²) in [5, 5.41) is 7.64. The van der Waals surface area contributed by atoms with Gasteiger partial charge in [-0.3, -0.25) is 9.67 Å². The van der Waals surface area contributed by atoms with Gasteiger partial charge in [-0.05, 0) is 38.0 Å². The molecule has 2 heterocycles. The van der Waals surface area contributed by atoms with Crippen molar-refractivity contribution >= 4 is 5.69 Å². The first-order valence-electron chi connectivity index (χ1n) is 5.84. The van der Waals surface area contributed by atoms with Crippen molar-refractivity contribution in [2.24, 2.45) is 0 Å². The number of rotatable bonds is 4. The van der Waals surface area contributed by atoms with E-state index in [-0.39, 0.29) is 0 Å². The monoisotopic (exact) mass is 230 g/mol. The number of aromatic nitrogens is 3. The zero-order chi connectivity index (χ0) is 12.3. The Morgan fingerprint density at radius 3 is 2.82 bits per heavy atom. The predicted molar refractivity (Wildman–Crippen MR) is 68.9 cm³/mol. The lowest BCUT2D eigenvalue weighted by molar-refractivity contribution is 0.532. The van der Waals surface area contributed by atoms with Crippen LogP contribution in [-0.4, -0.2) is 14.8 Å². The summed E-state index contributed by atoms with van der Waals surface area (Å²) in [5.74, 6) is 0. The first-order valence-corrected chi connectivity index (χ1v) is 5.84. The Balaban J connectivity index is 2.00. The van der Waals surface area contributed by atoms with Crippen LogP contribution in [0.15, 0.2) is 30.9 Å². The molecule has 2 rings (SSSR count). The van der Waals surface area contributed by atoms with Gasteiger partial charge in [0.05, 0.1) is 11.9 Å². The summed E-state index contributed by atoms with van der Waals surface area (Å²) >= 11 is 0. The molecule has 0 unspecified atom stereocenters. The molecule has 0 aliphatic heterocycles. The average Bonchev–Trinajstić information content (AvgIpc) is 2.77. The van der Waals surface area contributed by atoms with Gasteiger partial charge in [-0.2, -0.15) is 5.10 Å². The van der Waals surface area contributed by atoms with Crippen molar-refractivity contribution in [2.45, 2.75) is 33.4 Å². The largest absolute Gasteiger partial charge is 0.378 e. The molecule has 0 aliphatic rings. The van der Waals surface area contributed by atoms with Crippen LogP contribution in [-0.2, 0) is 6.54 Å². The molecule has 17 heavy (non-hydrogen) atoms. The Hall–Kier alpha value is -1.84. The lowest BCUT2D eigenvalue weighted by Crippen LogP contribution is -2.02. The van der Waals surface area contributed by atoms with Gasteiger partial charge >= 0.3 is 0 Å². The van der Waals surface area contributed by atoms with Crippen molar-refractivity contribution in [2.75, 3.05) is 5.32 Å².